The summed E-state index contributed by atoms with van der Waals surface area (Å²) in [5, 5.41) is 0.686. The molecule has 0 aliphatic rings. The smallest absolute Gasteiger partial charge is 0.387 e. The SMILES string of the molecule is CON(C)C(=O)c1c(OC(F)F)ccc(Cl)c1Cl. The van der Waals surface area contributed by atoms with Crippen LogP contribution in [-0.4, -0.2) is 31.7 Å². The fraction of sp³-hybridized carbons (Fsp3) is 0.300. The van der Waals surface area contributed by atoms with E-state index >= 15 is 0 Å². The van der Waals surface area contributed by atoms with E-state index in [0.29, 0.717) is 0 Å². The van der Waals surface area contributed by atoms with Gasteiger partial charge in [0.2, 0.25) is 0 Å². The molecular weight excluding hydrogens is 291 g/mol. The number of hydrogen-bond acceptors (Lipinski definition) is 3. The second-order valence-electron chi connectivity index (χ2n) is 3.10. The molecule has 18 heavy (non-hydrogen) atoms. The summed E-state index contributed by atoms with van der Waals surface area (Å²) in [7, 11) is 2.54. The number of nitrogens with zero attached hydrogens (tertiary/aromatic N) is 1. The topological polar surface area (TPSA) is 38.8 Å². The molecule has 1 rings (SSSR count). The van der Waals surface area contributed by atoms with Gasteiger partial charge < -0.3 is 4.74 Å². The summed E-state index contributed by atoms with van der Waals surface area (Å²) in [6.45, 7) is -3.08. The summed E-state index contributed by atoms with van der Waals surface area (Å²) in [6.07, 6.45) is 0. The van der Waals surface area contributed by atoms with Crippen molar-refractivity contribution in [2.45, 2.75) is 6.61 Å². The number of halogens is 4. The summed E-state index contributed by atoms with van der Waals surface area (Å²) in [4.78, 5) is 16.5. The Bertz CT molecular complexity index is 457. The van der Waals surface area contributed by atoms with Crippen LogP contribution in [0.15, 0.2) is 12.1 Å². The molecule has 0 radical (unpaired) electrons. The number of hydroxylamine groups is 2. The molecule has 100 valence electrons. The van der Waals surface area contributed by atoms with Crippen molar-refractivity contribution < 1.29 is 23.1 Å². The summed E-state index contributed by atoms with van der Waals surface area (Å²) in [6, 6.07) is 2.39. The molecule has 1 aromatic rings. The summed E-state index contributed by atoms with van der Waals surface area (Å²) in [5.74, 6) is -1.12. The van der Waals surface area contributed by atoms with E-state index in [0.717, 1.165) is 11.1 Å². The van der Waals surface area contributed by atoms with E-state index in [-0.39, 0.29) is 21.4 Å². The molecule has 0 aliphatic heterocycles. The van der Waals surface area contributed by atoms with Crippen molar-refractivity contribution in [3.05, 3.63) is 27.7 Å². The van der Waals surface area contributed by atoms with E-state index in [2.05, 4.69) is 9.57 Å². The number of ether oxygens (including phenoxy) is 1. The predicted molar refractivity (Wildman–Crippen MR) is 62.2 cm³/mol. The predicted octanol–water partition coefficient (Wildman–Crippen LogP) is 3.23. The van der Waals surface area contributed by atoms with Crippen LogP contribution in [-0.2, 0) is 4.84 Å². The molecule has 0 bridgehead atoms. The maximum absolute atomic E-state index is 12.2. The van der Waals surface area contributed by atoms with Crippen LogP contribution in [0.3, 0.4) is 0 Å². The maximum atomic E-state index is 12.2. The fourth-order valence-corrected chi connectivity index (χ4v) is 1.56. The first-order chi connectivity index (χ1) is 8.38. The maximum Gasteiger partial charge on any atom is 0.387 e. The molecule has 0 N–H and O–H groups in total. The minimum atomic E-state index is -3.08. The molecule has 8 heteroatoms. The Kier molecular flexibility index (Phi) is 5.13. The van der Waals surface area contributed by atoms with Crippen molar-refractivity contribution in [1.29, 1.82) is 0 Å². The quantitative estimate of drug-likeness (QED) is 0.801. The molecule has 0 atom stereocenters. The molecule has 1 aromatic carbocycles. The zero-order chi connectivity index (χ0) is 13.9. The van der Waals surface area contributed by atoms with Gasteiger partial charge in [-0.3, -0.25) is 9.63 Å². The highest BCUT2D eigenvalue weighted by molar-refractivity contribution is 6.44. The molecule has 0 aromatic heterocycles. The summed E-state index contributed by atoms with van der Waals surface area (Å²) >= 11 is 11.5. The first-order valence-electron chi connectivity index (χ1n) is 4.63. The van der Waals surface area contributed by atoms with Crippen molar-refractivity contribution in [3.63, 3.8) is 0 Å². The first kappa shape index (κ1) is 14.9. The van der Waals surface area contributed by atoms with E-state index < -0.39 is 12.5 Å². The van der Waals surface area contributed by atoms with Gasteiger partial charge in [-0.1, -0.05) is 23.2 Å². The number of alkyl halides is 2. The average Bonchev–Trinajstić information content (AvgIpc) is 2.32. The molecule has 0 unspecified atom stereocenters. The third-order valence-corrected chi connectivity index (χ3v) is 2.85. The molecule has 0 saturated carbocycles. The Morgan fingerprint density at radius 1 is 1.39 bits per heavy atom. The molecule has 0 aliphatic carbocycles. The van der Waals surface area contributed by atoms with E-state index in [1.54, 1.807) is 0 Å². The van der Waals surface area contributed by atoms with Gasteiger partial charge in [0.15, 0.2) is 0 Å². The van der Waals surface area contributed by atoms with Crippen LogP contribution >= 0.6 is 23.2 Å². The molecule has 0 saturated heterocycles. The number of carbonyl (C=O) groups excluding carboxylic acids is 1. The lowest BCUT2D eigenvalue weighted by Crippen LogP contribution is -2.26. The molecule has 0 spiro atoms. The summed E-state index contributed by atoms with van der Waals surface area (Å²) < 4.78 is 28.7. The normalized spacial score (nSPS) is 10.6. The van der Waals surface area contributed by atoms with Gasteiger partial charge >= 0.3 is 6.61 Å². The lowest BCUT2D eigenvalue weighted by atomic mass is 10.2. The van der Waals surface area contributed by atoms with E-state index in [1.807, 2.05) is 0 Å². The van der Waals surface area contributed by atoms with Crippen LogP contribution in [0.25, 0.3) is 0 Å². The van der Waals surface area contributed by atoms with E-state index in [4.69, 9.17) is 23.2 Å². The lowest BCUT2D eigenvalue weighted by molar-refractivity contribution is -0.0771. The Morgan fingerprint density at radius 2 is 2.00 bits per heavy atom. The molecule has 1 amide bonds. The van der Waals surface area contributed by atoms with Gasteiger partial charge in [-0.2, -0.15) is 8.78 Å². The van der Waals surface area contributed by atoms with Crippen molar-refractivity contribution >= 4 is 29.1 Å². The van der Waals surface area contributed by atoms with Crippen molar-refractivity contribution in [3.8, 4) is 5.75 Å². The minimum Gasteiger partial charge on any atom is -0.434 e. The number of rotatable bonds is 4. The van der Waals surface area contributed by atoms with E-state index in [1.165, 1.54) is 20.2 Å². The van der Waals surface area contributed by atoms with Crippen molar-refractivity contribution in [2.24, 2.45) is 0 Å². The minimum absolute atomic E-state index is 0.0473. The third-order valence-electron chi connectivity index (χ3n) is 2.05. The Labute approximate surface area is 112 Å². The Hall–Kier alpha value is -1.11. The van der Waals surface area contributed by atoms with Crippen LogP contribution in [0.4, 0.5) is 8.78 Å². The number of benzene rings is 1. The standard InChI is InChI=1S/C10H9Cl2F2NO3/c1-15(17-2)9(16)7-6(18-10(13)14)4-3-5(11)8(7)12/h3-4,10H,1-2H3. The Morgan fingerprint density at radius 3 is 2.50 bits per heavy atom. The van der Waals surface area contributed by atoms with Gasteiger partial charge in [-0.15, -0.1) is 0 Å². The molecular formula is C10H9Cl2F2NO3. The second-order valence-corrected chi connectivity index (χ2v) is 3.88. The zero-order valence-electron chi connectivity index (χ0n) is 9.42. The second kappa shape index (κ2) is 6.17. The number of amides is 1. The van der Waals surface area contributed by atoms with Crippen molar-refractivity contribution in [1.82, 2.24) is 5.06 Å². The highest BCUT2D eigenvalue weighted by atomic mass is 35.5. The summed E-state index contributed by atoms with van der Waals surface area (Å²) in [5.41, 5.74) is -0.284. The van der Waals surface area contributed by atoms with Gasteiger partial charge in [0, 0.05) is 7.05 Å². The van der Waals surface area contributed by atoms with Crippen LogP contribution in [0, 0.1) is 0 Å². The largest absolute Gasteiger partial charge is 0.434 e. The molecule has 0 heterocycles. The van der Waals surface area contributed by atoms with Gasteiger partial charge in [0.25, 0.3) is 5.91 Å². The van der Waals surface area contributed by atoms with Crippen LogP contribution in [0.5, 0.6) is 5.75 Å². The third kappa shape index (κ3) is 3.22. The van der Waals surface area contributed by atoms with Gasteiger partial charge in [-0.25, -0.2) is 5.06 Å². The van der Waals surface area contributed by atoms with Gasteiger partial charge in [0.05, 0.1) is 17.2 Å². The van der Waals surface area contributed by atoms with Crippen molar-refractivity contribution in [2.75, 3.05) is 14.2 Å². The highest BCUT2D eigenvalue weighted by Gasteiger charge is 2.24. The number of hydrogen-bond donors (Lipinski definition) is 0. The van der Waals surface area contributed by atoms with Crippen LogP contribution in [0.2, 0.25) is 10.0 Å². The zero-order valence-corrected chi connectivity index (χ0v) is 10.9. The van der Waals surface area contributed by atoms with Gasteiger partial charge in [0.1, 0.15) is 11.3 Å². The average molecular weight is 300 g/mol. The first-order valence-corrected chi connectivity index (χ1v) is 5.39. The Balaban J connectivity index is 3.28. The van der Waals surface area contributed by atoms with Gasteiger partial charge in [-0.05, 0) is 12.1 Å². The monoisotopic (exact) mass is 299 g/mol. The number of carbonyl (C=O) groups is 1. The fourth-order valence-electron chi connectivity index (χ4n) is 1.17. The molecule has 4 nitrogen and oxygen atoms in total. The van der Waals surface area contributed by atoms with Crippen LogP contribution in [0.1, 0.15) is 10.4 Å². The highest BCUT2D eigenvalue weighted by Crippen LogP contribution is 2.34. The van der Waals surface area contributed by atoms with E-state index in [9.17, 15) is 13.6 Å². The molecule has 0 fully saturated rings. The lowest BCUT2D eigenvalue weighted by Gasteiger charge is -2.17. The van der Waals surface area contributed by atoms with Crippen LogP contribution < -0.4 is 4.74 Å².